The number of hydrogen-bond donors (Lipinski definition) is 1. The van der Waals surface area contributed by atoms with Gasteiger partial charge in [-0.25, -0.2) is 9.78 Å². The number of pyridine rings is 1. The number of fused-ring (bicyclic) bond motifs is 3. The van der Waals surface area contributed by atoms with E-state index in [1.807, 2.05) is 18.2 Å². The maximum atomic E-state index is 12.3. The van der Waals surface area contributed by atoms with Crippen LogP contribution in [0.5, 0.6) is 5.75 Å². The number of ether oxygens (including phenoxy) is 2. The largest absolute Gasteiger partial charge is 0.516 e. The molecule has 2 heterocycles. The van der Waals surface area contributed by atoms with Crippen LogP contribution in [0.1, 0.15) is 53.7 Å². The highest BCUT2D eigenvalue weighted by atomic mass is 35.5. The van der Waals surface area contributed by atoms with Gasteiger partial charge in [-0.3, -0.25) is 0 Å². The lowest BCUT2D eigenvalue weighted by atomic mass is 9.69. The van der Waals surface area contributed by atoms with Crippen LogP contribution in [-0.2, 0) is 16.6 Å². The summed E-state index contributed by atoms with van der Waals surface area (Å²) in [6.07, 6.45) is 9.29. The summed E-state index contributed by atoms with van der Waals surface area (Å²) in [6, 6.07) is 9.76. The van der Waals surface area contributed by atoms with Gasteiger partial charge in [-0.1, -0.05) is 17.7 Å². The molecule has 2 aliphatic carbocycles. The van der Waals surface area contributed by atoms with Crippen molar-refractivity contribution < 1.29 is 19.4 Å². The molecule has 7 heteroatoms. The van der Waals surface area contributed by atoms with Gasteiger partial charge >= 0.3 is 5.97 Å². The second-order valence-corrected chi connectivity index (χ2v) is 10.3. The van der Waals surface area contributed by atoms with E-state index in [1.54, 1.807) is 6.07 Å². The summed E-state index contributed by atoms with van der Waals surface area (Å²) in [5.41, 5.74) is 2.72. The zero-order valence-corrected chi connectivity index (χ0v) is 20.3. The number of halogens is 1. The van der Waals surface area contributed by atoms with Crippen molar-refractivity contribution in [3.05, 3.63) is 64.5 Å². The summed E-state index contributed by atoms with van der Waals surface area (Å²) in [4.78, 5) is 19.3. The molecule has 1 aromatic heterocycles. The zero-order chi connectivity index (χ0) is 23.7. The number of methoxy groups -OCH3 is 1. The molecule has 1 aliphatic heterocycles. The number of esters is 1. The molecule has 2 aromatic rings. The molecule has 0 bridgehead atoms. The van der Waals surface area contributed by atoms with Crippen molar-refractivity contribution in [1.82, 2.24) is 4.98 Å². The van der Waals surface area contributed by atoms with Crippen molar-refractivity contribution in [2.24, 2.45) is 11.8 Å². The minimum atomic E-state index is -0.450. The van der Waals surface area contributed by atoms with E-state index in [-0.39, 0.29) is 11.1 Å². The minimum Gasteiger partial charge on any atom is -0.516 e. The number of nitrogens with zero attached hydrogens (tertiary/aromatic N) is 2. The molecular weight excluding hydrogens is 452 g/mol. The quantitative estimate of drug-likeness (QED) is 0.449. The van der Waals surface area contributed by atoms with Gasteiger partial charge in [-0.05, 0) is 91.8 Å². The number of aromatic nitrogens is 1. The van der Waals surface area contributed by atoms with Crippen molar-refractivity contribution in [3.63, 3.8) is 0 Å². The number of hydrogen-bond acceptors (Lipinski definition) is 6. The molecule has 1 fully saturated rings. The average Bonchev–Trinajstić information content (AvgIpc) is 2.98. The summed E-state index contributed by atoms with van der Waals surface area (Å²) in [5, 5.41) is 9.89. The number of carbonyl (C=O) groups is 1. The number of anilines is 1. The molecule has 1 N–H and O–H groups in total. The fourth-order valence-electron chi connectivity index (χ4n) is 5.91. The van der Waals surface area contributed by atoms with Gasteiger partial charge in [0.2, 0.25) is 0 Å². The number of rotatable bonds is 5. The molecular formula is C27H31ClN2O4. The second-order valence-electron chi connectivity index (χ2n) is 9.83. The zero-order valence-electron chi connectivity index (χ0n) is 19.5. The summed E-state index contributed by atoms with van der Waals surface area (Å²) >= 11 is 6.33. The molecule has 5 rings (SSSR count). The normalized spacial score (nSPS) is 25.8. The van der Waals surface area contributed by atoms with Gasteiger partial charge in [0.1, 0.15) is 0 Å². The van der Waals surface area contributed by atoms with Crippen LogP contribution in [0.15, 0.2) is 42.7 Å². The molecule has 6 nitrogen and oxygen atoms in total. The van der Waals surface area contributed by atoms with Crippen LogP contribution < -0.4 is 9.64 Å². The number of aliphatic hydroxyl groups excluding tert-OH is 1. The van der Waals surface area contributed by atoms with E-state index >= 15 is 0 Å². The summed E-state index contributed by atoms with van der Waals surface area (Å²) < 4.78 is 11.4. The first-order chi connectivity index (χ1) is 16.5. The van der Waals surface area contributed by atoms with Gasteiger partial charge in [0.25, 0.3) is 0 Å². The lowest BCUT2D eigenvalue weighted by Gasteiger charge is -2.44. The van der Waals surface area contributed by atoms with Gasteiger partial charge in [-0.2, -0.15) is 0 Å². The molecule has 1 aromatic carbocycles. The van der Waals surface area contributed by atoms with E-state index in [2.05, 4.69) is 17.0 Å². The highest BCUT2D eigenvalue weighted by Crippen LogP contribution is 2.45. The minimum absolute atomic E-state index is 0.172. The Hall–Kier alpha value is -2.73. The summed E-state index contributed by atoms with van der Waals surface area (Å²) in [5.74, 6) is 2.00. The second kappa shape index (κ2) is 9.49. The average molecular weight is 483 g/mol. The van der Waals surface area contributed by atoms with E-state index in [0.29, 0.717) is 30.0 Å². The van der Waals surface area contributed by atoms with Crippen molar-refractivity contribution in [2.45, 2.75) is 43.9 Å². The van der Waals surface area contributed by atoms with E-state index in [4.69, 9.17) is 31.2 Å². The Morgan fingerprint density at radius 3 is 2.94 bits per heavy atom. The Labute approximate surface area is 205 Å². The smallest absolute Gasteiger partial charge is 0.356 e. The number of benzene rings is 1. The molecule has 3 atom stereocenters. The number of aryl methyl sites for hydroxylation is 1. The number of allylic oxidation sites excluding steroid dienone is 1. The van der Waals surface area contributed by atoms with Crippen LogP contribution in [0.2, 0.25) is 5.02 Å². The highest BCUT2D eigenvalue weighted by Gasteiger charge is 2.43. The number of carbonyl (C=O) groups excluding carboxylic acids is 1. The fraction of sp³-hybridized carbons (Fsp3) is 0.481. The molecule has 0 amide bonds. The molecule has 34 heavy (non-hydrogen) atoms. The Morgan fingerprint density at radius 2 is 2.18 bits per heavy atom. The summed E-state index contributed by atoms with van der Waals surface area (Å²) in [7, 11) is 1.37. The SMILES string of the molecule is COC(=O)c1ccc2c(n1)N(C[C@@H]1CC[C@@H]1CC=CO)C[C@@]1(CCCc3cc(Cl)ccc31)CO2. The van der Waals surface area contributed by atoms with Gasteiger partial charge in [-0.15, -0.1) is 0 Å². The molecule has 1 saturated carbocycles. The van der Waals surface area contributed by atoms with Crippen molar-refractivity contribution in [2.75, 3.05) is 31.7 Å². The Balaban J connectivity index is 1.53. The maximum Gasteiger partial charge on any atom is 0.356 e. The van der Waals surface area contributed by atoms with E-state index in [1.165, 1.54) is 18.2 Å². The molecule has 0 unspecified atom stereocenters. The standard InChI is InChI=1S/C27H31ClN2O4/c1-33-26(32)23-10-11-24-25(29-23)30(15-20-7-6-18(20)5-3-13-31)16-27(17-34-24)12-2-4-19-14-21(28)8-9-22(19)27/h3,8-11,13-14,18,20,31H,2,4-7,12,15-17H2,1H3/t18-,20-,27-/m0/s1. The van der Waals surface area contributed by atoms with Crippen LogP contribution in [-0.4, -0.2) is 42.9 Å². The Morgan fingerprint density at radius 1 is 1.32 bits per heavy atom. The van der Waals surface area contributed by atoms with Crippen LogP contribution in [0.3, 0.4) is 0 Å². The Kier molecular flexibility index (Phi) is 6.43. The lowest BCUT2D eigenvalue weighted by molar-refractivity contribution is 0.0594. The van der Waals surface area contributed by atoms with Crippen LogP contribution >= 0.6 is 11.6 Å². The van der Waals surface area contributed by atoms with Crippen LogP contribution in [0.25, 0.3) is 0 Å². The number of aliphatic hydroxyl groups is 1. The summed E-state index contributed by atoms with van der Waals surface area (Å²) in [6.45, 7) is 2.17. The predicted molar refractivity (Wildman–Crippen MR) is 132 cm³/mol. The first-order valence-electron chi connectivity index (χ1n) is 12.1. The van der Waals surface area contributed by atoms with Gasteiger partial charge in [0.15, 0.2) is 17.3 Å². The van der Waals surface area contributed by atoms with Gasteiger partial charge < -0.3 is 19.5 Å². The van der Waals surface area contributed by atoms with E-state index in [9.17, 15) is 4.79 Å². The van der Waals surface area contributed by atoms with E-state index < -0.39 is 5.97 Å². The third-order valence-corrected chi connectivity index (χ3v) is 8.08. The van der Waals surface area contributed by atoms with Crippen molar-refractivity contribution in [3.8, 4) is 5.75 Å². The Bertz CT molecular complexity index is 1100. The third-order valence-electron chi connectivity index (χ3n) is 7.85. The fourth-order valence-corrected chi connectivity index (χ4v) is 6.10. The van der Waals surface area contributed by atoms with Crippen LogP contribution in [0.4, 0.5) is 5.82 Å². The predicted octanol–water partition coefficient (Wildman–Crippen LogP) is 5.48. The lowest BCUT2D eigenvalue weighted by Crippen LogP contribution is -2.48. The van der Waals surface area contributed by atoms with Gasteiger partial charge in [0.05, 0.1) is 20.0 Å². The topological polar surface area (TPSA) is 71.9 Å². The molecule has 1 spiro atoms. The maximum absolute atomic E-state index is 12.3. The first-order valence-corrected chi connectivity index (χ1v) is 12.5. The molecule has 180 valence electrons. The molecule has 3 aliphatic rings. The van der Waals surface area contributed by atoms with Crippen molar-refractivity contribution >= 4 is 23.4 Å². The third kappa shape index (κ3) is 4.24. The first kappa shape index (κ1) is 23.0. The highest BCUT2D eigenvalue weighted by molar-refractivity contribution is 6.30. The van der Waals surface area contributed by atoms with E-state index in [0.717, 1.165) is 62.9 Å². The molecule has 0 saturated heterocycles. The van der Waals surface area contributed by atoms with Crippen molar-refractivity contribution in [1.29, 1.82) is 0 Å². The molecule has 0 radical (unpaired) electrons. The van der Waals surface area contributed by atoms with Gasteiger partial charge in [0, 0.05) is 23.5 Å². The monoisotopic (exact) mass is 482 g/mol. The van der Waals surface area contributed by atoms with Crippen LogP contribution in [0, 0.1) is 11.8 Å².